The summed E-state index contributed by atoms with van der Waals surface area (Å²) in [6, 6.07) is 20.2. The molecule has 24 heavy (non-hydrogen) atoms. The molecule has 3 rings (SSSR count). The van der Waals surface area contributed by atoms with Crippen LogP contribution in [0.4, 0.5) is 0 Å². The molecule has 120 valence electrons. The number of carbonyl (C=O) groups is 1. The molecule has 0 saturated heterocycles. The lowest BCUT2D eigenvalue weighted by Crippen LogP contribution is -2.25. The van der Waals surface area contributed by atoms with E-state index in [0.717, 1.165) is 11.3 Å². The number of aliphatic hydroxyl groups excluding tert-OH is 1. The van der Waals surface area contributed by atoms with Crippen molar-refractivity contribution in [3.63, 3.8) is 0 Å². The van der Waals surface area contributed by atoms with Crippen molar-refractivity contribution in [2.24, 2.45) is 5.10 Å². The second-order valence-electron chi connectivity index (χ2n) is 5.12. The topological polar surface area (TPSA) is 90.4 Å². The maximum atomic E-state index is 11.9. The molecule has 0 aliphatic carbocycles. The number of benzene rings is 2. The Morgan fingerprint density at radius 1 is 1.12 bits per heavy atom. The van der Waals surface area contributed by atoms with E-state index in [9.17, 15) is 9.90 Å². The Morgan fingerprint density at radius 3 is 2.50 bits per heavy atom. The van der Waals surface area contributed by atoms with Crippen molar-refractivity contribution in [2.45, 2.75) is 6.10 Å². The molecule has 3 N–H and O–H groups in total. The van der Waals surface area contributed by atoms with Gasteiger partial charge in [-0.2, -0.15) is 10.2 Å². The number of hydrazone groups is 1. The third kappa shape index (κ3) is 3.74. The summed E-state index contributed by atoms with van der Waals surface area (Å²) in [5.74, 6) is -0.597. The molecular formula is C18H16N4O2. The van der Waals surface area contributed by atoms with Gasteiger partial charge in [0.25, 0.3) is 5.91 Å². The molecule has 1 heterocycles. The van der Waals surface area contributed by atoms with Crippen LogP contribution in [-0.4, -0.2) is 27.4 Å². The molecule has 1 amide bonds. The second-order valence-corrected chi connectivity index (χ2v) is 5.12. The number of aliphatic hydroxyl groups is 1. The van der Waals surface area contributed by atoms with Crippen LogP contribution in [0.5, 0.6) is 0 Å². The number of aromatic amines is 1. The molecule has 1 atom stereocenters. The number of hydrogen-bond donors (Lipinski definition) is 3. The van der Waals surface area contributed by atoms with Crippen LogP contribution in [0.2, 0.25) is 0 Å². The average Bonchev–Trinajstić information content (AvgIpc) is 3.11. The van der Waals surface area contributed by atoms with Gasteiger partial charge in [-0.15, -0.1) is 0 Å². The van der Waals surface area contributed by atoms with Crippen LogP contribution in [-0.2, 0) is 4.79 Å². The minimum Gasteiger partial charge on any atom is -0.378 e. The Bertz CT molecular complexity index is 828. The zero-order chi connectivity index (χ0) is 16.8. The Hall–Kier alpha value is -3.25. The standard InChI is InChI=1S/C18H16N4O2/c23-17(14-9-5-2-6-10-14)18(24)22-19-12-15-11-16(21-20-15)13-7-3-1-4-8-13/h1-12,17,23H,(H,20,21)(H,22,24)/b19-12+. The summed E-state index contributed by atoms with van der Waals surface area (Å²) in [5, 5.41) is 20.8. The molecule has 0 aliphatic heterocycles. The first kappa shape index (κ1) is 15.6. The van der Waals surface area contributed by atoms with Gasteiger partial charge in [-0.1, -0.05) is 60.7 Å². The highest BCUT2D eigenvalue weighted by atomic mass is 16.3. The van der Waals surface area contributed by atoms with E-state index < -0.39 is 12.0 Å². The van der Waals surface area contributed by atoms with Gasteiger partial charge in [0.2, 0.25) is 0 Å². The lowest BCUT2D eigenvalue weighted by molar-refractivity contribution is -0.129. The number of carbonyl (C=O) groups excluding carboxylic acids is 1. The monoisotopic (exact) mass is 320 g/mol. The summed E-state index contributed by atoms with van der Waals surface area (Å²) >= 11 is 0. The van der Waals surface area contributed by atoms with E-state index in [0.29, 0.717) is 11.3 Å². The number of aromatic nitrogens is 2. The first-order chi connectivity index (χ1) is 11.7. The van der Waals surface area contributed by atoms with Crippen LogP contribution >= 0.6 is 0 Å². The van der Waals surface area contributed by atoms with E-state index in [4.69, 9.17) is 0 Å². The largest absolute Gasteiger partial charge is 0.378 e. The van der Waals surface area contributed by atoms with Gasteiger partial charge >= 0.3 is 0 Å². The van der Waals surface area contributed by atoms with Crippen molar-refractivity contribution >= 4 is 12.1 Å². The summed E-state index contributed by atoms with van der Waals surface area (Å²) < 4.78 is 0. The highest BCUT2D eigenvalue weighted by molar-refractivity contribution is 5.84. The van der Waals surface area contributed by atoms with Gasteiger partial charge in [0.05, 0.1) is 17.6 Å². The third-order valence-corrected chi connectivity index (χ3v) is 3.41. The Balaban J connectivity index is 1.61. The Kier molecular flexibility index (Phi) is 4.78. The summed E-state index contributed by atoms with van der Waals surface area (Å²) in [4.78, 5) is 11.9. The van der Waals surface area contributed by atoms with Crippen molar-refractivity contribution in [3.05, 3.63) is 78.0 Å². The molecule has 0 saturated carbocycles. The van der Waals surface area contributed by atoms with Gasteiger partial charge in [0.1, 0.15) is 0 Å². The fraction of sp³-hybridized carbons (Fsp3) is 0.0556. The second kappa shape index (κ2) is 7.34. The molecule has 0 radical (unpaired) electrons. The minimum absolute atomic E-state index is 0.512. The fourth-order valence-electron chi connectivity index (χ4n) is 2.17. The van der Waals surface area contributed by atoms with Crippen molar-refractivity contribution in [2.75, 3.05) is 0 Å². The fourth-order valence-corrected chi connectivity index (χ4v) is 2.17. The summed E-state index contributed by atoms with van der Waals surface area (Å²) in [5.41, 5.74) is 5.23. The molecule has 0 fully saturated rings. The van der Waals surface area contributed by atoms with Crippen LogP contribution in [0.3, 0.4) is 0 Å². The molecule has 0 aliphatic rings. The number of hydrogen-bond acceptors (Lipinski definition) is 4. The van der Waals surface area contributed by atoms with Crippen LogP contribution < -0.4 is 5.43 Å². The van der Waals surface area contributed by atoms with Crippen molar-refractivity contribution in [3.8, 4) is 11.3 Å². The van der Waals surface area contributed by atoms with Gasteiger partial charge in [0, 0.05) is 5.56 Å². The van der Waals surface area contributed by atoms with E-state index in [2.05, 4.69) is 20.7 Å². The first-order valence-electron chi connectivity index (χ1n) is 7.41. The summed E-state index contributed by atoms with van der Waals surface area (Å²) in [6.45, 7) is 0. The van der Waals surface area contributed by atoms with E-state index in [1.54, 1.807) is 24.3 Å². The highest BCUT2D eigenvalue weighted by Crippen LogP contribution is 2.16. The molecule has 1 aromatic heterocycles. The van der Waals surface area contributed by atoms with Crippen LogP contribution in [0, 0.1) is 0 Å². The zero-order valence-corrected chi connectivity index (χ0v) is 12.8. The van der Waals surface area contributed by atoms with Crippen LogP contribution in [0.1, 0.15) is 17.4 Å². The van der Waals surface area contributed by atoms with Gasteiger partial charge < -0.3 is 5.11 Å². The third-order valence-electron chi connectivity index (χ3n) is 3.41. The Labute approximate surface area is 138 Å². The van der Waals surface area contributed by atoms with E-state index in [-0.39, 0.29) is 0 Å². The first-order valence-corrected chi connectivity index (χ1v) is 7.41. The summed E-state index contributed by atoms with van der Waals surface area (Å²) in [6.07, 6.45) is 0.180. The minimum atomic E-state index is -1.26. The van der Waals surface area contributed by atoms with Crippen molar-refractivity contribution in [1.29, 1.82) is 0 Å². The molecule has 6 heteroatoms. The molecule has 6 nitrogen and oxygen atoms in total. The number of H-pyrrole nitrogens is 1. The quantitative estimate of drug-likeness (QED) is 0.497. The molecule has 2 aromatic carbocycles. The van der Waals surface area contributed by atoms with Crippen LogP contribution in [0.15, 0.2) is 71.8 Å². The van der Waals surface area contributed by atoms with Crippen molar-refractivity contribution in [1.82, 2.24) is 15.6 Å². The lowest BCUT2D eigenvalue weighted by Gasteiger charge is -2.08. The predicted octanol–water partition coefficient (Wildman–Crippen LogP) is 2.26. The summed E-state index contributed by atoms with van der Waals surface area (Å²) in [7, 11) is 0. The number of amides is 1. The number of nitrogens with one attached hydrogen (secondary N) is 2. The predicted molar refractivity (Wildman–Crippen MR) is 91.2 cm³/mol. The van der Waals surface area contributed by atoms with E-state index in [1.165, 1.54) is 6.21 Å². The molecule has 0 bridgehead atoms. The van der Waals surface area contributed by atoms with Gasteiger partial charge in [-0.05, 0) is 11.6 Å². The maximum Gasteiger partial charge on any atom is 0.273 e. The number of nitrogens with zero attached hydrogens (tertiary/aromatic N) is 2. The smallest absolute Gasteiger partial charge is 0.273 e. The van der Waals surface area contributed by atoms with Gasteiger partial charge in [0.15, 0.2) is 6.10 Å². The van der Waals surface area contributed by atoms with Crippen LogP contribution in [0.25, 0.3) is 11.3 Å². The number of rotatable bonds is 5. The molecule has 3 aromatic rings. The normalized spacial score (nSPS) is 12.2. The molecular weight excluding hydrogens is 304 g/mol. The zero-order valence-electron chi connectivity index (χ0n) is 12.8. The average molecular weight is 320 g/mol. The molecule has 0 spiro atoms. The van der Waals surface area contributed by atoms with Crippen molar-refractivity contribution < 1.29 is 9.90 Å². The Morgan fingerprint density at radius 2 is 1.79 bits per heavy atom. The molecule has 1 unspecified atom stereocenters. The van der Waals surface area contributed by atoms with E-state index >= 15 is 0 Å². The SMILES string of the molecule is O=C(N/N=C/c1cc(-c2ccccc2)n[nH]1)C(O)c1ccccc1. The highest BCUT2D eigenvalue weighted by Gasteiger charge is 2.15. The van der Waals surface area contributed by atoms with E-state index in [1.807, 2.05) is 42.5 Å². The van der Waals surface area contributed by atoms with Gasteiger partial charge in [-0.3, -0.25) is 9.89 Å². The maximum absolute atomic E-state index is 11.9. The van der Waals surface area contributed by atoms with Gasteiger partial charge in [-0.25, -0.2) is 5.43 Å². The lowest BCUT2D eigenvalue weighted by atomic mass is 10.1.